The van der Waals surface area contributed by atoms with Crippen LogP contribution in [-0.4, -0.2) is 33.1 Å². The van der Waals surface area contributed by atoms with E-state index >= 15 is 0 Å². The van der Waals surface area contributed by atoms with Gasteiger partial charge in [-0.05, 0) is 12.8 Å². The van der Waals surface area contributed by atoms with Crippen molar-refractivity contribution in [3.05, 3.63) is 11.7 Å². The van der Waals surface area contributed by atoms with Crippen LogP contribution < -0.4 is 5.32 Å². The Morgan fingerprint density at radius 2 is 2.47 bits per heavy atom. The summed E-state index contributed by atoms with van der Waals surface area (Å²) in [5, 5.41) is 17.2. The van der Waals surface area contributed by atoms with Crippen LogP contribution in [0.4, 0.5) is 0 Å². The molecular weight excluding hydrogens is 238 g/mol. The Balaban J connectivity index is 1.87. The third-order valence-corrected chi connectivity index (χ3v) is 4.29. The van der Waals surface area contributed by atoms with Crippen molar-refractivity contribution in [2.45, 2.75) is 49.8 Å². The van der Waals surface area contributed by atoms with Gasteiger partial charge in [0.2, 0.25) is 5.89 Å². The van der Waals surface area contributed by atoms with Crippen LogP contribution in [0.1, 0.15) is 44.4 Å². The van der Waals surface area contributed by atoms with Crippen molar-refractivity contribution in [2.24, 2.45) is 0 Å². The minimum atomic E-state index is -0.301. The van der Waals surface area contributed by atoms with Gasteiger partial charge in [-0.15, -0.1) is 0 Å². The molecule has 0 radical (unpaired) electrons. The molecule has 2 unspecified atom stereocenters. The number of aliphatic hydroxyl groups is 1. The molecule has 0 aliphatic carbocycles. The summed E-state index contributed by atoms with van der Waals surface area (Å²) < 4.78 is 5.21. The summed E-state index contributed by atoms with van der Waals surface area (Å²) in [6.07, 6.45) is 1.50. The molecule has 0 aromatic carbocycles. The van der Waals surface area contributed by atoms with Gasteiger partial charge in [0.15, 0.2) is 5.82 Å². The summed E-state index contributed by atoms with van der Waals surface area (Å²) in [4.78, 5) is 4.36. The average molecular weight is 257 g/mol. The Labute approximate surface area is 105 Å². The molecule has 0 saturated carbocycles. The second-order valence-electron chi connectivity index (χ2n) is 4.43. The first-order chi connectivity index (χ1) is 8.19. The van der Waals surface area contributed by atoms with E-state index in [2.05, 4.69) is 29.3 Å². The summed E-state index contributed by atoms with van der Waals surface area (Å²) in [6.45, 7) is 4.97. The first-order valence-corrected chi connectivity index (χ1v) is 7.09. The highest BCUT2D eigenvalue weighted by molar-refractivity contribution is 7.99. The Morgan fingerprint density at radius 1 is 1.65 bits per heavy atom. The molecule has 17 heavy (non-hydrogen) atoms. The minimum absolute atomic E-state index is 0.0137. The molecule has 6 heteroatoms. The van der Waals surface area contributed by atoms with E-state index in [1.165, 1.54) is 0 Å². The molecule has 2 N–H and O–H groups in total. The van der Waals surface area contributed by atoms with E-state index in [1.807, 2.05) is 11.8 Å². The zero-order valence-corrected chi connectivity index (χ0v) is 11.0. The molecule has 1 fully saturated rings. The molecule has 1 saturated heterocycles. The van der Waals surface area contributed by atoms with Gasteiger partial charge in [0.05, 0.1) is 17.9 Å². The highest BCUT2D eigenvalue weighted by Crippen LogP contribution is 2.23. The van der Waals surface area contributed by atoms with Crippen molar-refractivity contribution < 1.29 is 9.63 Å². The van der Waals surface area contributed by atoms with E-state index < -0.39 is 0 Å². The summed E-state index contributed by atoms with van der Waals surface area (Å²) in [5.74, 6) is 2.13. The number of aliphatic hydroxyl groups excluding tert-OH is 1. The van der Waals surface area contributed by atoms with Crippen molar-refractivity contribution in [1.82, 2.24) is 15.5 Å². The van der Waals surface area contributed by atoms with Gasteiger partial charge in [-0.25, -0.2) is 0 Å². The fraction of sp³-hybridized carbons (Fsp3) is 0.818. The predicted molar refractivity (Wildman–Crippen MR) is 66.7 cm³/mol. The number of nitrogens with one attached hydrogen (secondary N) is 1. The van der Waals surface area contributed by atoms with Gasteiger partial charge in [-0.1, -0.05) is 19.0 Å². The molecule has 3 atom stereocenters. The van der Waals surface area contributed by atoms with Crippen molar-refractivity contribution >= 4 is 11.8 Å². The molecule has 1 aliphatic heterocycles. The fourth-order valence-corrected chi connectivity index (χ4v) is 2.49. The van der Waals surface area contributed by atoms with Crippen LogP contribution in [0.15, 0.2) is 4.52 Å². The van der Waals surface area contributed by atoms with Gasteiger partial charge in [0.25, 0.3) is 0 Å². The largest absolute Gasteiger partial charge is 0.392 e. The van der Waals surface area contributed by atoms with Crippen molar-refractivity contribution in [3.63, 3.8) is 0 Å². The second kappa shape index (κ2) is 5.84. The SMILES string of the molecule is CCC(C)SCc1noc([C@@H]2CC(O)CN2)n1. The molecule has 0 spiro atoms. The standard InChI is InChI=1S/C11H19N3O2S/c1-3-7(2)17-6-10-13-11(16-14-10)9-4-8(15)5-12-9/h7-9,12,15H,3-6H2,1-2H3/t7?,8?,9-/m0/s1. The number of β-amino-alcohol motifs (C(OH)–C–C–N with tert-alkyl or cyclic N) is 1. The van der Waals surface area contributed by atoms with Crippen LogP contribution in [0.25, 0.3) is 0 Å². The molecule has 2 heterocycles. The fourth-order valence-electron chi connectivity index (χ4n) is 1.71. The number of hydrogen-bond acceptors (Lipinski definition) is 6. The summed E-state index contributed by atoms with van der Waals surface area (Å²) in [6, 6.07) is 0.0137. The summed E-state index contributed by atoms with van der Waals surface area (Å²) >= 11 is 1.83. The van der Waals surface area contributed by atoms with Gasteiger partial charge in [-0.3, -0.25) is 0 Å². The lowest BCUT2D eigenvalue weighted by atomic mass is 10.2. The zero-order valence-electron chi connectivity index (χ0n) is 10.2. The van der Waals surface area contributed by atoms with Crippen LogP contribution in [-0.2, 0) is 5.75 Å². The Kier molecular flexibility index (Phi) is 4.42. The monoisotopic (exact) mass is 257 g/mol. The normalized spacial score (nSPS) is 26.3. The van der Waals surface area contributed by atoms with Gasteiger partial charge in [0, 0.05) is 11.8 Å². The van der Waals surface area contributed by atoms with Gasteiger partial charge in [0.1, 0.15) is 0 Å². The van der Waals surface area contributed by atoms with Gasteiger partial charge < -0.3 is 14.9 Å². The molecule has 2 rings (SSSR count). The summed E-state index contributed by atoms with van der Waals surface area (Å²) in [5.41, 5.74) is 0. The van der Waals surface area contributed by atoms with E-state index in [0.717, 1.165) is 18.0 Å². The highest BCUT2D eigenvalue weighted by Gasteiger charge is 2.28. The van der Waals surface area contributed by atoms with Crippen molar-refractivity contribution in [2.75, 3.05) is 6.54 Å². The highest BCUT2D eigenvalue weighted by atomic mass is 32.2. The predicted octanol–water partition coefficient (Wildman–Crippen LogP) is 1.50. The van der Waals surface area contributed by atoms with Crippen molar-refractivity contribution in [1.29, 1.82) is 0 Å². The molecule has 0 amide bonds. The van der Waals surface area contributed by atoms with Gasteiger partial charge in [-0.2, -0.15) is 16.7 Å². The summed E-state index contributed by atoms with van der Waals surface area (Å²) in [7, 11) is 0. The molecule has 5 nitrogen and oxygen atoms in total. The maximum Gasteiger partial charge on any atom is 0.243 e. The second-order valence-corrected chi connectivity index (χ2v) is 5.86. The van der Waals surface area contributed by atoms with Gasteiger partial charge >= 0.3 is 0 Å². The Bertz CT molecular complexity index is 358. The topological polar surface area (TPSA) is 71.2 Å². The first-order valence-electron chi connectivity index (χ1n) is 6.04. The Hall–Kier alpha value is -0.590. The van der Waals surface area contributed by atoms with Crippen LogP contribution >= 0.6 is 11.8 Å². The lowest BCUT2D eigenvalue weighted by molar-refractivity contribution is 0.191. The van der Waals surface area contributed by atoms with E-state index in [0.29, 0.717) is 24.1 Å². The smallest absolute Gasteiger partial charge is 0.243 e. The third-order valence-electron chi connectivity index (χ3n) is 2.96. The van der Waals surface area contributed by atoms with E-state index in [4.69, 9.17) is 4.52 Å². The third kappa shape index (κ3) is 3.43. The molecule has 1 aliphatic rings. The van der Waals surface area contributed by atoms with Crippen molar-refractivity contribution in [3.8, 4) is 0 Å². The van der Waals surface area contributed by atoms with Crippen LogP contribution in [0.2, 0.25) is 0 Å². The van der Waals surface area contributed by atoms with Crippen LogP contribution in [0.3, 0.4) is 0 Å². The quantitative estimate of drug-likeness (QED) is 0.833. The van der Waals surface area contributed by atoms with Crippen LogP contribution in [0.5, 0.6) is 0 Å². The number of thioether (sulfide) groups is 1. The maximum absolute atomic E-state index is 9.42. The molecule has 0 bridgehead atoms. The van der Waals surface area contributed by atoms with E-state index in [1.54, 1.807) is 0 Å². The lowest BCUT2D eigenvalue weighted by Gasteiger charge is -2.04. The average Bonchev–Trinajstić information content (AvgIpc) is 2.94. The van der Waals surface area contributed by atoms with E-state index in [-0.39, 0.29) is 12.1 Å². The molecule has 96 valence electrons. The number of hydrogen-bond donors (Lipinski definition) is 2. The Morgan fingerprint density at radius 3 is 3.12 bits per heavy atom. The number of aromatic nitrogens is 2. The number of nitrogens with zero attached hydrogens (tertiary/aromatic N) is 2. The molecule has 1 aromatic heterocycles. The number of rotatable bonds is 5. The lowest BCUT2D eigenvalue weighted by Crippen LogP contribution is -2.15. The minimum Gasteiger partial charge on any atom is -0.392 e. The van der Waals surface area contributed by atoms with Crippen LogP contribution in [0, 0.1) is 0 Å². The zero-order chi connectivity index (χ0) is 12.3. The van der Waals surface area contributed by atoms with E-state index in [9.17, 15) is 5.11 Å². The molecular formula is C11H19N3O2S. The maximum atomic E-state index is 9.42. The molecule has 1 aromatic rings. The first kappa shape index (κ1) is 12.9.